The zero-order valence-electron chi connectivity index (χ0n) is 8.04. The van der Waals surface area contributed by atoms with Gasteiger partial charge in [0.05, 0.1) is 11.2 Å². The molecule has 0 radical (unpaired) electrons. The predicted molar refractivity (Wildman–Crippen MR) is 57.9 cm³/mol. The lowest BCUT2D eigenvalue weighted by Crippen LogP contribution is -2.44. The summed E-state index contributed by atoms with van der Waals surface area (Å²) in [6.07, 6.45) is 2.37. The maximum Gasteiger partial charge on any atom is 0.224 e. The first kappa shape index (κ1) is 8.29. The van der Waals surface area contributed by atoms with Crippen LogP contribution in [-0.4, -0.2) is 18.0 Å². The summed E-state index contributed by atoms with van der Waals surface area (Å²) in [5.41, 5.74) is 1.34. The molecule has 0 saturated heterocycles. The van der Waals surface area contributed by atoms with Crippen molar-refractivity contribution in [1.82, 2.24) is 0 Å². The predicted octanol–water partition coefficient (Wildman–Crippen LogP) is 2.06. The van der Waals surface area contributed by atoms with Crippen LogP contribution in [0.1, 0.15) is 19.8 Å². The summed E-state index contributed by atoms with van der Waals surface area (Å²) < 4.78 is 0. The Balaban J connectivity index is 2.04. The number of nitrogens with one attached hydrogen (secondary N) is 1. The number of rotatable bonds is 0. The van der Waals surface area contributed by atoms with E-state index in [4.69, 9.17) is 0 Å². The Kier molecular flexibility index (Phi) is 1.49. The van der Waals surface area contributed by atoms with Crippen molar-refractivity contribution in [2.75, 3.05) is 16.8 Å². The molecule has 1 N–H and O–H groups in total. The van der Waals surface area contributed by atoms with Crippen LogP contribution in [0.2, 0.25) is 0 Å². The summed E-state index contributed by atoms with van der Waals surface area (Å²) in [6.45, 7) is 2.49. The topological polar surface area (TPSA) is 32.3 Å². The quantitative estimate of drug-likeness (QED) is 0.707. The number of fused-ring (bicyclic) bond motifs is 1. The molecule has 1 saturated carbocycles. The molecule has 1 aromatic heterocycles. The molecule has 0 aromatic carbocycles. The number of hydrogen-bond acceptors (Lipinski definition) is 3. The molecule has 4 heteroatoms. The van der Waals surface area contributed by atoms with Gasteiger partial charge in [-0.15, -0.1) is 11.3 Å². The molecule has 2 heterocycles. The van der Waals surface area contributed by atoms with Crippen LogP contribution < -0.4 is 10.2 Å². The Morgan fingerprint density at radius 2 is 2.43 bits per heavy atom. The monoisotopic (exact) mass is 208 g/mol. The summed E-state index contributed by atoms with van der Waals surface area (Å²) in [4.78, 5) is 13.4. The minimum Gasteiger partial charge on any atom is -0.375 e. The third-order valence-corrected chi connectivity index (χ3v) is 3.92. The minimum absolute atomic E-state index is 0.154. The highest BCUT2D eigenvalue weighted by Crippen LogP contribution is 2.48. The van der Waals surface area contributed by atoms with Gasteiger partial charge in [0.25, 0.3) is 0 Å². The van der Waals surface area contributed by atoms with Gasteiger partial charge < -0.3 is 5.32 Å². The van der Waals surface area contributed by atoms with Crippen molar-refractivity contribution in [2.45, 2.75) is 25.3 Å². The molecule has 3 nitrogen and oxygen atoms in total. The molecular weight excluding hydrogens is 196 g/mol. The SMILES string of the molecule is CC(=O)N1CC2(CC2)Nc2ccsc21. The van der Waals surface area contributed by atoms with Gasteiger partial charge in [-0.1, -0.05) is 0 Å². The average molecular weight is 208 g/mol. The standard InChI is InChI=1S/C10H12N2OS/c1-7(13)12-6-10(3-4-10)11-8-2-5-14-9(8)12/h2,5,11H,3-4,6H2,1H3. The number of carbonyl (C=O) groups excluding carboxylic acids is 1. The fourth-order valence-corrected chi connectivity index (χ4v) is 2.89. The van der Waals surface area contributed by atoms with Crippen LogP contribution in [0.15, 0.2) is 11.4 Å². The van der Waals surface area contributed by atoms with Gasteiger partial charge in [0.15, 0.2) is 0 Å². The summed E-state index contributed by atoms with van der Waals surface area (Å²) in [6, 6.07) is 2.06. The van der Waals surface area contributed by atoms with E-state index in [1.54, 1.807) is 18.3 Å². The van der Waals surface area contributed by atoms with Gasteiger partial charge in [-0.2, -0.15) is 0 Å². The fourth-order valence-electron chi connectivity index (χ4n) is 1.99. The van der Waals surface area contributed by atoms with Crippen LogP contribution in [0.4, 0.5) is 10.7 Å². The molecule has 1 spiro atoms. The molecule has 1 aromatic rings. The van der Waals surface area contributed by atoms with Gasteiger partial charge in [0.1, 0.15) is 5.00 Å². The largest absolute Gasteiger partial charge is 0.375 e. The molecule has 1 fully saturated rings. The summed E-state index contributed by atoms with van der Waals surface area (Å²) in [5, 5.41) is 6.64. The normalized spacial score (nSPS) is 21.6. The summed E-state index contributed by atoms with van der Waals surface area (Å²) in [5.74, 6) is 0.154. The molecule has 0 bridgehead atoms. The smallest absolute Gasteiger partial charge is 0.224 e. The van der Waals surface area contributed by atoms with E-state index < -0.39 is 0 Å². The second-order valence-electron chi connectivity index (χ2n) is 4.15. The average Bonchev–Trinajstić information content (AvgIpc) is 2.73. The first-order valence-corrected chi connectivity index (χ1v) is 5.72. The van der Waals surface area contributed by atoms with E-state index >= 15 is 0 Å². The molecular formula is C10H12N2OS. The van der Waals surface area contributed by atoms with E-state index in [2.05, 4.69) is 11.4 Å². The lowest BCUT2D eigenvalue weighted by molar-refractivity contribution is -0.116. The Morgan fingerprint density at radius 3 is 3.07 bits per heavy atom. The number of nitrogens with zero attached hydrogens (tertiary/aromatic N) is 1. The van der Waals surface area contributed by atoms with E-state index in [0.717, 1.165) is 17.2 Å². The van der Waals surface area contributed by atoms with Crippen LogP contribution >= 0.6 is 11.3 Å². The number of amides is 1. The van der Waals surface area contributed by atoms with Crippen molar-refractivity contribution < 1.29 is 4.79 Å². The maximum atomic E-state index is 11.5. The zero-order chi connectivity index (χ0) is 9.76. The van der Waals surface area contributed by atoms with Crippen molar-refractivity contribution in [2.24, 2.45) is 0 Å². The highest BCUT2D eigenvalue weighted by Gasteiger charge is 2.48. The van der Waals surface area contributed by atoms with E-state index in [-0.39, 0.29) is 11.4 Å². The van der Waals surface area contributed by atoms with Crippen LogP contribution in [0.3, 0.4) is 0 Å². The third kappa shape index (κ3) is 1.07. The second-order valence-corrected chi connectivity index (χ2v) is 5.04. The van der Waals surface area contributed by atoms with Gasteiger partial charge in [0, 0.05) is 13.5 Å². The van der Waals surface area contributed by atoms with Gasteiger partial charge >= 0.3 is 0 Å². The summed E-state index contributed by atoms with van der Waals surface area (Å²) >= 11 is 1.63. The van der Waals surface area contributed by atoms with Gasteiger partial charge in [-0.25, -0.2) is 0 Å². The Hall–Kier alpha value is -1.03. The molecule has 0 atom stereocenters. The Labute approximate surface area is 86.7 Å². The Bertz CT molecular complexity index is 395. The minimum atomic E-state index is 0.154. The number of carbonyl (C=O) groups is 1. The van der Waals surface area contributed by atoms with E-state index in [1.165, 1.54) is 12.8 Å². The highest BCUT2D eigenvalue weighted by atomic mass is 32.1. The molecule has 3 rings (SSSR count). The highest BCUT2D eigenvalue weighted by molar-refractivity contribution is 7.15. The Morgan fingerprint density at radius 1 is 1.64 bits per heavy atom. The second kappa shape index (κ2) is 2.51. The van der Waals surface area contributed by atoms with Crippen molar-refractivity contribution in [3.63, 3.8) is 0 Å². The first-order valence-electron chi connectivity index (χ1n) is 4.84. The lowest BCUT2D eigenvalue weighted by Gasteiger charge is -2.33. The maximum absolute atomic E-state index is 11.5. The number of thiophene rings is 1. The molecule has 1 amide bonds. The van der Waals surface area contributed by atoms with Crippen LogP contribution in [-0.2, 0) is 4.79 Å². The van der Waals surface area contributed by atoms with Crippen LogP contribution in [0, 0.1) is 0 Å². The van der Waals surface area contributed by atoms with Crippen molar-refractivity contribution in [3.05, 3.63) is 11.4 Å². The lowest BCUT2D eigenvalue weighted by atomic mass is 10.2. The van der Waals surface area contributed by atoms with Crippen molar-refractivity contribution in [1.29, 1.82) is 0 Å². The molecule has 2 aliphatic rings. The third-order valence-electron chi connectivity index (χ3n) is 2.98. The van der Waals surface area contributed by atoms with Crippen molar-refractivity contribution >= 4 is 27.9 Å². The number of anilines is 2. The van der Waals surface area contributed by atoms with Gasteiger partial charge in [-0.05, 0) is 24.3 Å². The van der Waals surface area contributed by atoms with E-state index in [1.807, 2.05) is 10.3 Å². The van der Waals surface area contributed by atoms with Gasteiger partial charge in [0.2, 0.25) is 5.91 Å². The summed E-state index contributed by atoms with van der Waals surface area (Å²) in [7, 11) is 0. The molecule has 1 aliphatic heterocycles. The van der Waals surface area contributed by atoms with Crippen LogP contribution in [0.5, 0.6) is 0 Å². The molecule has 0 unspecified atom stereocenters. The van der Waals surface area contributed by atoms with E-state index in [0.29, 0.717) is 0 Å². The number of hydrogen-bond donors (Lipinski definition) is 1. The fraction of sp³-hybridized carbons (Fsp3) is 0.500. The van der Waals surface area contributed by atoms with Gasteiger partial charge in [-0.3, -0.25) is 9.69 Å². The molecule has 1 aliphatic carbocycles. The molecule has 14 heavy (non-hydrogen) atoms. The zero-order valence-corrected chi connectivity index (χ0v) is 8.86. The molecule has 74 valence electrons. The van der Waals surface area contributed by atoms with E-state index in [9.17, 15) is 4.79 Å². The van der Waals surface area contributed by atoms with Crippen molar-refractivity contribution in [3.8, 4) is 0 Å². The van der Waals surface area contributed by atoms with Crippen LogP contribution in [0.25, 0.3) is 0 Å². The first-order chi connectivity index (χ1) is 6.70.